The van der Waals surface area contributed by atoms with Gasteiger partial charge in [-0.05, 0) is 40.2 Å². The topological polar surface area (TPSA) is 77.0 Å². The third-order valence-electron chi connectivity index (χ3n) is 3.48. The Labute approximate surface area is 154 Å². The van der Waals surface area contributed by atoms with Crippen LogP contribution >= 0.6 is 15.9 Å². The number of hydrogen-bond donors (Lipinski definition) is 1. The average molecular weight is 423 g/mol. The van der Waals surface area contributed by atoms with Crippen molar-refractivity contribution in [2.75, 3.05) is 19.0 Å². The summed E-state index contributed by atoms with van der Waals surface area (Å²) in [6, 6.07) is 10.0. The molecule has 8 heteroatoms. The highest BCUT2D eigenvalue weighted by atomic mass is 79.9. The van der Waals surface area contributed by atoms with Gasteiger partial charge in [0.2, 0.25) is 0 Å². The lowest BCUT2D eigenvalue weighted by atomic mass is 10.1. The van der Waals surface area contributed by atoms with Gasteiger partial charge in [0.15, 0.2) is 17.3 Å². The highest BCUT2D eigenvalue weighted by molar-refractivity contribution is 9.10. The molecule has 0 spiro atoms. The first-order valence-electron chi connectivity index (χ1n) is 7.29. The number of para-hydroxylation sites is 1. The SMILES string of the molecule is C=CCOc1c(Br)cc(C2=NS(=O)(=O)c3ccccc3N2)cc1OC. The van der Waals surface area contributed by atoms with E-state index >= 15 is 0 Å². The number of nitrogens with zero attached hydrogens (tertiary/aromatic N) is 1. The Kier molecular flexibility index (Phi) is 4.82. The lowest BCUT2D eigenvalue weighted by molar-refractivity contribution is 0.324. The van der Waals surface area contributed by atoms with Crippen molar-refractivity contribution in [3.63, 3.8) is 0 Å². The Balaban J connectivity index is 2.07. The van der Waals surface area contributed by atoms with Gasteiger partial charge in [0.25, 0.3) is 10.0 Å². The molecule has 0 saturated carbocycles. The molecule has 0 aliphatic carbocycles. The molecule has 0 saturated heterocycles. The molecule has 1 aliphatic heterocycles. The minimum absolute atomic E-state index is 0.149. The molecule has 1 N–H and O–H groups in total. The van der Waals surface area contributed by atoms with Crippen molar-refractivity contribution in [1.29, 1.82) is 0 Å². The Morgan fingerprint density at radius 2 is 2.08 bits per heavy atom. The standard InChI is InChI=1S/C17H15BrN2O4S/c1-3-8-24-16-12(18)9-11(10-14(16)23-2)17-19-13-6-4-5-7-15(13)25(21,22)20-17/h3-7,9-10H,1,8H2,2H3,(H,19,20). The first-order chi connectivity index (χ1) is 12.0. The molecular weight excluding hydrogens is 408 g/mol. The summed E-state index contributed by atoms with van der Waals surface area (Å²) in [6.45, 7) is 3.93. The number of nitrogens with one attached hydrogen (secondary N) is 1. The molecule has 1 aliphatic rings. The van der Waals surface area contributed by atoms with Crippen molar-refractivity contribution >= 4 is 37.5 Å². The van der Waals surface area contributed by atoms with Crippen LogP contribution in [-0.2, 0) is 10.0 Å². The summed E-state index contributed by atoms with van der Waals surface area (Å²) >= 11 is 3.42. The van der Waals surface area contributed by atoms with E-state index in [0.717, 1.165) is 0 Å². The second-order valence-corrected chi connectivity index (χ2v) is 7.55. The molecular formula is C17H15BrN2O4S. The van der Waals surface area contributed by atoms with Crippen molar-refractivity contribution in [3.8, 4) is 11.5 Å². The smallest absolute Gasteiger partial charge is 0.286 e. The number of sulfonamides is 1. The van der Waals surface area contributed by atoms with E-state index in [1.165, 1.54) is 13.2 Å². The monoisotopic (exact) mass is 422 g/mol. The summed E-state index contributed by atoms with van der Waals surface area (Å²) in [6.07, 6.45) is 1.62. The first kappa shape index (κ1) is 17.5. The number of anilines is 1. The molecule has 0 amide bonds. The van der Waals surface area contributed by atoms with Crippen LogP contribution in [0.2, 0.25) is 0 Å². The number of halogens is 1. The third-order valence-corrected chi connectivity index (χ3v) is 5.40. The second kappa shape index (κ2) is 6.89. The van der Waals surface area contributed by atoms with Crippen LogP contribution in [0.4, 0.5) is 5.69 Å². The van der Waals surface area contributed by atoms with Gasteiger partial charge in [-0.25, -0.2) is 0 Å². The summed E-state index contributed by atoms with van der Waals surface area (Å²) in [5.41, 5.74) is 1.03. The Morgan fingerprint density at radius 1 is 1.32 bits per heavy atom. The summed E-state index contributed by atoms with van der Waals surface area (Å²) in [4.78, 5) is 0.149. The van der Waals surface area contributed by atoms with Gasteiger partial charge in [0, 0.05) is 5.56 Å². The predicted molar refractivity (Wildman–Crippen MR) is 100 cm³/mol. The highest BCUT2D eigenvalue weighted by Gasteiger charge is 2.26. The Hall–Kier alpha value is -2.32. The molecule has 0 fully saturated rings. The Morgan fingerprint density at radius 3 is 2.80 bits per heavy atom. The summed E-state index contributed by atoms with van der Waals surface area (Å²) in [5.74, 6) is 1.17. The fraction of sp³-hybridized carbons (Fsp3) is 0.118. The van der Waals surface area contributed by atoms with Crippen LogP contribution in [0.25, 0.3) is 0 Å². The molecule has 0 bridgehead atoms. The number of benzene rings is 2. The molecule has 25 heavy (non-hydrogen) atoms. The van der Waals surface area contributed by atoms with Crippen LogP contribution in [0.1, 0.15) is 5.56 Å². The van der Waals surface area contributed by atoms with Crippen molar-refractivity contribution in [3.05, 3.63) is 59.1 Å². The van der Waals surface area contributed by atoms with E-state index < -0.39 is 10.0 Å². The zero-order valence-electron chi connectivity index (χ0n) is 13.3. The zero-order valence-corrected chi connectivity index (χ0v) is 15.7. The maximum Gasteiger partial charge on any atom is 0.286 e. The predicted octanol–water partition coefficient (Wildman–Crippen LogP) is 3.58. The number of methoxy groups -OCH3 is 1. The second-order valence-electron chi connectivity index (χ2n) is 5.13. The maximum absolute atomic E-state index is 12.4. The van der Waals surface area contributed by atoms with E-state index in [9.17, 15) is 8.42 Å². The molecule has 130 valence electrons. The maximum atomic E-state index is 12.4. The molecule has 2 aromatic rings. The molecule has 0 aromatic heterocycles. The summed E-state index contributed by atoms with van der Waals surface area (Å²) in [7, 11) is -2.26. The molecule has 0 unspecified atom stereocenters. The fourth-order valence-corrected chi connectivity index (χ4v) is 4.07. The van der Waals surface area contributed by atoms with E-state index in [4.69, 9.17) is 9.47 Å². The van der Waals surface area contributed by atoms with Gasteiger partial charge < -0.3 is 14.8 Å². The lowest BCUT2D eigenvalue weighted by Crippen LogP contribution is -2.22. The molecule has 2 aromatic carbocycles. The number of hydrogen-bond acceptors (Lipinski definition) is 5. The highest BCUT2D eigenvalue weighted by Crippen LogP contribution is 2.38. The number of ether oxygens (including phenoxy) is 2. The van der Waals surface area contributed by atoms with Crippen LogP contribution in [0.5, 0.6) is 11.5 Å². The van der Waals surface area contributed by atoms with Gasteiger partial charge in [-0.2, -0.15) is 8.42 Å². The van der Waals surface area contributed by atoms with Crippen LogP contribution < -0.4 is 14.8 Å². The van der Waals surface area contributed by atoms with Gasteiger partial charge in [-0.15, -0.1) is 4.40 Å². The molecule has 0 atom stereocenters. The van der Waals surface area contributed by atoms with Gasteiger partial charge >= 0.3 is 0 Å². The van der Waals surface area contributed by atoms with E-state index in [1.54, 1.807) is 36.4 Å². The van der Waals surface area contributed by atoms with E-state index in [1.807, 2.05) is 0 Å². The van der Waals surface area contributed by atoms with E-state index in [2.05, 4.69) is 32.2 Å². The lowest BCUT2D eigenvalue weighted by Gasteiger charge is -2.19. The minimum atomic E-state index is -3.77. The van der Waals surface area contributed by atoms with Crippen molar-refractivity contribution in [2.45, 2.75) is 4.90 Å². The van der Waals surface area contributed by atoms with Gasteiger partial charge in [-0.3, -0.25) is 0 Å². The van der Waals surface area contributed by atoms with E-state index in [0.29, 0.717) is 33.8 Å². The summed E-state index contributed by atoms with van der Waals surface area (Å²) < 4.78 is 40.2. The van der Waals surface area contributed by atoms with Gasteiger partial charge in [0.1, 0.15) is 11.5 Å². The van der Waals surface area contributed by atoms with Crippen LogP contribution in [0, 0.1) is 0 Å². The molecule has 6 nitrogen and oxygen atoms in total. The third kappa shape index (κ3) is 3.40. The first-order valence-corrected chi connectivity index (χ1v) is 9.52. The van der Waals surface area contributed by atoms with Crippen LogP contribution in [0.3, 0.4) is 0 Å². The Bertz CT molecular complexity index is 971. The van der Waals surface area contributed by atoms with Crippen LogP contribution in [-0.4, -0.2) is 28.0 Å². The van der Waals surface area contributed by atoms with Crippen molar-refractivity contribution in [2.24, 2.45) is 4.40 Å². The fourth-order valence-electron chi connectivity index (χ4n) is 2.38. The summed E-state index contributed by atoms with van der Waals surface area (Å²) in [5, 5.41) is 3.05. The van der Waals surface area contributed by atoms with Crippen molar-refractivity contribution < 1.29 is 17.9 Å². The van der Waals surface area contributed by atoms with Crippen LogP contribution in [0.15, 0.2) is 62.8 Å². The molecule has 3 rings (SSSR count). The zero-order chi connectivity index (χ0) is 18.0. The quantitative estimate of drug-likeness (QED) is 0.744. The number of amidine groups is 1. The molecule has 0 radical (unpaired) electrons. The minimum Gasteiger partial charge on any atom is -0.493 e. The van der Waals surface area contributed by atoms with Gasteiger partial charge in [-0.1, -0.05) is 24.8 Å². The largest absolute Gasteiger partial charge is 0.493 e. The number of rotatable bonds is 5. The van der Waals surface area contributed by atoms with Gasteiger partial charge in [0.05, 0.1) is 17.3 Å². The van der Waals surface area contributed by atoms with Crippen molar-refractivity contribution in [1.82, 2.24) is 0 Å². The average Bonchev–Trinajstić information content (AvgIpc) is 2.59. The molecule has 1 heterocycles. The normalized spacial score (nSPS) is 14.7. The number of fused-ring (bicyclic) bond motifs is 1. The van der Waals surface area contributed by atoms with E-state index in [-0.39, 0.29) is 10.7 Å².